The first-order valence-electron chi connectivity index (χ1n) is 6.21. The number of aryl methyl sites for hydroxylation is 1. The number of hydrogen-bond acceptors (Lipinski definition) is 5. The summed E-state index contributed by atoms with van der Waals surface area (Å²) >= 11 is 0. The molecule has 0 radical (unpaired) electrons. The summed E-state index contributed by atoms with van der Waals surface area (Å²) in [4.78, 5) is 8.74. The maximum atomic E-state index is 5.25. The van der Waals surface area contributed by atoms with Crippen molar-refractivity contribution in [1.29, 1.82) is 0 Å². The van der Waals surface area contributed by atoms with E-state index in [1.54, 1.807) is 0 Å². The minimum absolute atomic E-state index is 0.0657. The minimum atomic E-state index is 0.0657. The Balaban J connectivity index is 2.15. The van der Waals surface area contributed by atoms with Crippen LogP contribution in [0.2, 0.25) is 0 Å². The Bertz CT molecular complexity index is 509. The molecule has 0 aliphatic carbocycles. The molecule has 2 aromatic rings. The standard InChI is InChI=1S/C13H18N4O/c1-4-8-14-10(3)13-16-12(17-18-13)11-7-5-6-9(2)15-11/h5-7,10,14H,4,8H2,1-3H3. The van der Waals surface area contributed by atoms with E-state index in [0.29, 0.717) is 11.7 Å². The van der Waals surface area contributed by atoms with Crippen LogP contribution in [0.1, 0.15) is 37.9 Å². The highest BCUT2D eigenvalue weighted by molar-refractivity contribution is 5.48. The lowest BCUT2D eigenvalue weighted by atomic mass is 10.3. The predicted molar refractivity (Wildman–Crippen MR) is 69.0 cm³/mol. The first-order valence-corrected chi connectivity index (χ1v) is 6.21. The van der Waals surface area contributed by atoms with Gasteiger partial charge in [0.15, 0.2) is 0 Å². The molecule has 1 atom stereocenters. The summed E-state index contributed by atoms with van der Waals surface area (Å²) in [7, 11) is 0. The normalized spacial score (nSPS) is 12.6. The van der Waals surface area contributed by atoms with Gasteiger partial charge in [-0.1, -0.05) is 18.1 Å². The second kappa shape index (κ2) is 5.73. The molecule has 1 unspecified atom stereocenters. The van der Waals surface area contributed by atoms with Crippen molar-refractivity contribution in [1.82, 2.24) is 20.4 Å². The maximum absolute atomic E-state index is 5.25. The fourth-order valence-electron chi connectivity index (χ4n) is 1.63. The van der Waals surface area contributed by atoms with Gasteiger partial charge in [-0.15, -0.1) is 0 Å². The van der Waals surface area contributed by atoms with Crippen molar-refractivity contribution in [2.45, 2.75) is 33.2 Å². The van der Waals surface area contributed by atoms with E-state index in [4.69, 9.17) is 4.52 Å². The van der Waals surface area contributed by atoms with Crippen molar-refractivity contribution in [3.05, 3.63) is 29.8 Å². The zero-order valence-corrected chi connectivity index (χ0v) is 11.0. The second-order valence-corrected chi connectivity index (χ2v) is 4.30. The van der Waals surface area contributed by atoms with E-state index in [2.05, 4.69) is 27.4 Å². The summed E-state index contributed by atoms with van der Waals surface area (Å²) in [5.41, 5.74) is 1.68. The average Bonchev–Trinajstić information content (AvgIpc) is 2.85. The summed E-state index contributed by atoms with van der Waals surface area (Å²) in [5, 5.41) is 7.28. The quantitative estimate of drug-likeness (QED) is 0.878. The van der Waals surface area contributed by atoms with Gasteiger partial charge in [0.2, 0.25) is 11.7 Å². The van der Waals surface area contributed by atoms with Crippen molar-refractivity contribution in [3.63, 3.8) is 0 Å². The van der Waals surface area contributed by atoms with Crippen LogP contribution >= 0.6 is 0 Å². The van der Waals surface area contributed by atoms with E-state index in [1.807, 2.05) is 32.0 Å². The Morgan fingerprint density at radius 2 is 2.17 bits per heavy atom. The van der Waals surface area contributed by atoms with E-state index in [0.717, 1.165) is 24.4 Å². The first kappa shape index (κ1) is 12.7. The van der Waals surface area contributed by atoms with Gasteiger partial charge in [-0.3, -0.25) is 0 Å². The number of rotatable bonds is 5. The Morgan fingerprint density at radius 1 is 1.33 bits per heavy atom. The number of nitrogens with one attached hydrogen (secondary N) is 1. The molecule has 0 aliphatic heterocycles. The van der Waals surface area contributed by atoms with Crippen molar-refractivity contribution < 1.29 is 4.52 Å². The van der Waals surface area contributed by atoms with Gasteiger partial charge in [0.05, 0.1) is 6.04 Å². The summed E-state index contributed by atoms with van der Waals surface area (Å²) in [5.74, 6) is 1.14. The van der Waals surface area contributed by atoms with Crippen LogP contribution in [-0.2, 0) is 0 Å². The van der Waals surface area contributed by atoms with Crippen LogP contribution in [-0.4, -0.2) is 21.7 Å². The second-order valence-electron chi connectivity index (χ2n) is 4.30. The van der Waals surface area contributed by atoms with E-state index in [9.17, 15) is 0 Å². The third-order valence-corrected chi connectivity index (χ3v) is 2.63. The molecule has 0 fully saturated rings. The van der Waals surface area contributed by atoms with Gasteiger partial charge in [-0.25, -0.2) is 4.98 Å². The Kier molecular flexibility index (Phi) is 4.04. The average molecular weight is 246 g/mol. The van der Waals surface area contributed by atoms with E-state index < -0.39 is 0 Å². The first-order chi connectivity index (χ1) is 8.70. The molecule has 1 N–H and O–H groups in total. The zero-order chi connectivity index (χ0) is 13.0. The van der Waals surface area contributed by atoms with Gasteiger partial charge in [-0.05, 0) is 38.9 Å². The highest BCUT2D eigenvalue weighted by Crippen LogP contribution is 2.16. The van der Waals surface area contributed by atoms with Crippen molar-refractivity contribution in [2.75, 3.05) is 6.54 Å². The lowest BCUT2D eigenvalue weighted by Gasteiger charge is -2.06. The molecular weight excluding hydrogens is 228 g/mol. The largest absolute Gasteiger partial charge is 0.337 e. The van der Waals surface area contributed by atoms with Gasteiger partial charge < -0.3 is 9.84 Å². The van der Waals surface area contributed by atoms with Crippen molar-refractivity contribution in [3.8, 4) is 11.5 Å². The van der Waals surface area contributed by atoms with E-state index in [1.165, 1.54) is 0 Å². The summed E-state index contributed by atoms with van der Waals surface area (Å²) in [6.07, 6.45) is 1.07. The summed E-state index contributed by atoms with van der Waals surface area (Å²) in [6.45, 7) is 7.00. The number of pyridine rings is 1. The predicted octanol–water partition coefficient (Wildman–Crippen LogP) is 2.50. The van der Waals surface area contributed by atoms with Crippen LogP contribution in [0.3, 0.4) is 0 Å². The molecule has 0 saturated heterocycles. The van der Waals surface area contributed by atoms with Crippen molar-refractivity contribution in [2.24, 2.45) is 0 Å². The molecule has 0 amide bonds. The smallest absolute Gasteiger partial charge is 0.243 e. The molecule has 2 aromatic heterocycles. The molecule has 96 valence electrons. The molecule has 2 heterocycles. The minimum Gasteiger partial charge on any atom is -0.337 e. The molecule has 18 heavy (non-hydrogen) atoms. The molecule has 2 rings (SSSR count). The fraction of sp³-hybridized carbons (Fsp3) is 0.462. The van der Waals surface area contributed by atoms with Gasteiger partial charge >= 0.3 is 0 Å². The fourth-order valence-corrected chi connectivity index (χ4v) is 1.63. The lowest BCUT2D eigenvalue weighted by molar-refractivity contribution is 0.340. The summed E-state index contributed by atoms with van der Waals surface area (Å²) < 4.78 is 5.25. The molecule has 0 bridgehead atoms. The van der Waals surface area contributed by atoms with Gasteiger partial charge in [0.1, 0.15) is 5.69 Å². The molecule has 0 aromatic carbocycles. The highest BCUT2D eigenvalue weighted by atomic mass is 16.5. The third kappa shape index (κ3) is 2.92. The van der Waals surface area contributed by atoms with Gasteiger partial charge in [-0.2, -0.15) is 4.98 Å². The van der Waals surface area contributed by atoms with Crippen LogP contribution in [0.5, 0.6) is 0 Å². The molecule has 5 heteroatoms. The zero-order valence-electron chi connectivity index (χ0n) is 11.0. The monoisotopic (exact) mass is 246 g/mol. The van der Waals surface area contributed by atoms with Crippen LogP contribution in [0.4, 0.5) is 0 Å². The molecule has 0 spiro atoms. The third-order valence-electron chi connectivity index (χ3n) is 2.63. The topological polar surface area (TPSA) is 63.8 Å². The van der Waals surface area contributed by atoms with E-state index >= 15 is 0 Å². The van der Waals surface area contributed by atoms with Crippen LogP contribution in [0.15, 0.2) is 22.7 Å². The van der Waals surface area contributed by atoms with E-state index in [-0.39, 0.29) is 6.04 Å². The Hall–Kier alpha value is -1.75. The van der Waals surface area contributed by atoms with Gasteiger partial charge in [0, 0.05) is 5.69 Å². The van der Waals surface area contributed by atoms with Crippen LogP contribution < -0.4 is 5.32 Å². The SMILES string of the molecule is CCCNC(C)c1nc(-c2cccc(C)n2)no1. The number of nitrogens with zero attached hydrogens (tertiary/aromatic N) is 3. The Labute approximate surface area is 107 Å². The molecule has 5 nitrogen and oxygen atoms in total. The van der Waals surface area contributed by atoms with Crippen molar-refractivity contribution >= 4 is 0 Å². The highest BCUT2D eigenvalue weighted by Gasteiger charge is 2.14. The number of aromatic nitrogens is 3. The molecular formula is C13H18N4O. The summed E-state index contributed by atoms with van der Waals surface area (Å²) in [6, 6.07) is 5.82. The Morgan fingerprint density at radius 3 is 2.89 bits per heavy atom. The van der Waals surface area contributed by atoms with Crippen LogP contribution in [0.25, 0.3) is 11.5 Å². The molecule has 0 saturated carbocycles. The number of hydrogen-bond donors (Lipinski definition) is 1. The maximum Gasteiger partial charge on any atom is 0.243 e. The lowest BCUT2D eigenvalue weighted by Crippen LogP contribution is -2.19. The van der Waals surface area contributed by atoms with Crippen LogP contribution in [0, 0.1) is 6.92 Å². The van der Waals surface area contributed by atoms with Gasteiger partial charge in [0.25, 0.3) is 0 Å². The molecule has 0 aliphatic rings.